The topological polar surface area (TPSA) is 69.9 Å². The molecule has 0 saturated heterocycles. The lowest BCUT2D eigenvalue weighted by Gasteiger charge is -2.09. The van der Waals surface area contributed by atoms with Crippen LogP contribution in [0.2, 0.25) is 0 Å². The zero-order chi connectivity index (χ0) is 14.5. The Morgan fingerprint density at radius 1 is 0.800 bits per heavy atom. The second-order valence-electron chi connectivity index (χ2n) is 4.20. The lowest BCUT2D eigenvalue weighted by Crippen LogP contribution is -2.07. The summed E-state index contributed by atoms with van der Waals surface area (Å²) in [7, 11) is -0.436. The number of methoxy groups -OCH3 is 1. The third-order valence-electron chi connectivity index (χ3n) is 2.93. The van der Waals surface area contributed by atoms with Crippen LogP contribution < -0.4 is 4.74 Å². The second-order valence-corrected chi connectivity index (χ2v) is 4.20. The largest absolute Gasteiger partial charge is 0.631 e. The van der Waals surface area contributed by atoms with Crippen molar-refractivity contribution in [2.75, 3.05) is 7.11 Å². The SMILES string of the molecule is COc1c2ccccc2cc2ccccc12.OB(O)O. The van der Waals surface area contributed by atoms with E-state index in [4.69, 9.17) is 19.8 Å². The van der Waals surface area contributed by atoms with Gasteiger partial charge in [-0.3, -0.25) is 0 Å². The summed E-state index contributed by atoms with van der Waals surface area (Å²) in [4.78, 5) is 0. The summed E-state index contributed by atoms with van der Waals surface area (Å²) in [5.74, 6) is 0.966. The summed E-state index contributed by atoms with van der Waals surface area (Å²) in [6.45, 7) is 0. The van der Waals surface area contributed by atoms with Gasteiger partial charge in [-0.1, -0.05) is 48.5 Å². The van der Waals surface area contributed by atoms with Crippen LogP contribution in [-0.4, -0.2) is 29.5 Å². The predicted octanol–water partition coefficient (Wildman–Crippen LogP) is 1.95. The zero-order valence-electron chi connectivity index (χ0n) is 11.0. The van der Waals surface area contributed by atoms with Crippen LogP contribution >= 0.6 is 0 Å². The van der Waals surface area contributed by atoms with E-state index in [0.29, 0.717) is 0 Å². The minimum Gasteiger partial charge on any atom is -0.495 e. The van der Waals surface area contributed by atoms with Gasteiger partial charge in [-0.05, 0) is 16.8 Å². The van der Waals surface area contributed by atoms with Crippen LogP contribution in [0.3, 0.4) is 0 Å². The maximum atomic E-state index is 7.17. The Bertz CT molecular complexity index is 656. The Morgan fingerprint density at radius 2 is 1.20 bits per heavy atom. The van der Waals surface area contributed by atoms with Gasteiger partial charge < -0.3 is 19.8 Å². The van der Waals surface area contributed by atoms with Gasteiger partial charge >= 0.3 is 7.32 Å². The molecule has 3 N–H and O–H groups in total. The maximum Gasteiger partial charge on any atom is 0.631 e. The van der Waals surface area contributed by atoms with E-state index in [-0.39, 0.29) is 0 Å². The van der Waals surface area contributed by atoms with Crippen LogP contribution in [0.15, 0.2) is 54.6 Å². The van der Waals surface area contributed by atoms with Crippen LogP contribution in [0.25, 0.3) is 21.5 Å². The highest BCUT2D eigenvalue weighted by molar-refractivity contribution is 6.30. The van der Waals surface area contributed by atoms with E-state index in [1.165, 1.54) is 21.5 Å². The van der Waals surface area contributed by atoms with E-state index in [1.807, 2.05) is 12.1 Å². The molecule has 0 unspecified atom stereocenters. The molecule has 0 aromatic heterocycles. The monoisotopic (exact) mass is 270 g/mol. The average Bonchev–Trinajstić information content (AvgIpc) is 2.44. The van der Waals surface area contributed by atoms with Crippen molar-refractivity contribution in [3.05, 3.63) is 54.6 Å². The molecule has 0 amide bonds. The van der Waals surface area contributed by atoms with E-state index in [1.54, 1.807) is 7.11 Å². The summed E-state index contributed by atoms with van der Waals surface area (Å²) < 4.78 is 5.54. The molecule has 0 aliphatic carbocycles. The molecular weight excluding hydrogens is 255 g/mol. The van der Waals surface area contributed by atoms with E-state index in [9.17, 15) is 0 Å². The standard InChI is InChI=1S/C15H12O.BH3O3/c1-16-15-13-8-4-2-6-11(13)10-12-7-3-5-9-14(12)15;2-1(3)4/h2-10H,1H3;2-4H. The van der Waals surface area contributed by atoms with Crippen molar-refractivity contribution in [1.82, 2.24) is 0 Å². The van der Waals surface area contributed by atoms with Gasteiger partial charge in [-0.15, -0.1) is 0 Å². The third-order valence-corrected chi connectivity index (χ3v) is 2.93. The molecule has 0 saturated carbocycles. The van der Waals surface area contributed by atoms with Crippen LogP contribution in [-0.2, 0) is 0 Å². The fraction of sp³-hybridized carbons (Fsp3) is 0.0667. The summed E-state index contributed by atoms with van der Waals surface area (Å²) in [6, 6.07) is 18.8. The summed E-state index contributed by atoms with van der Waals surface area (Å²) in [5, 5.41) is 26.3. The normalized spacial score (nSPS) is 10.0. The van der Waals surface area contributed by atoms with Gasteiger partial charge in [0.1, 0.15) is 5.75 Å². The van der Waals surface area contributed by atoms with Crippen LogP contribution in [0.4, 0.5) is 0 Å². The van der Waals surface area contributed by atoms with Crippen LogP contribution in [0.5, 0.6) is 5.75 Å². The molecule has 3 aromatic carbocycles. The Labute approximate surface area is 117 Å². The van der Waals surface area contributed by atoms with Crippen molar-refractivity contribution in [1.29, 1.82) is 0 Å². The summed E-state index contributed by atoms with van der Waals surface area (Å²) in [6.07, 6.45) is 0. The number of hydrogen-bond acceptors (Lipinski definition) is 4. The fourth-order valence-electron chi connectivity index (χ4n) is 2.19. The van der Waals surface area contributed by atoms with Gasteiger partial charge in [-0.2, -0.15) is 0 Å². The highest BCUT2D eigenvalue weighted by Gasteiger charge is 2.06. The van der Waals surface area contributed by atoms with Gasteiger partial charge in [0.15, 0.2) is 0 Å². The Morgan fingerprint density at radius 3 is 1.60 bits per heavy atom. The molecule has 0 radical (unpaired) electrons. The van der Waals surface area contributed by atoms with E-state index in [0.717, 1.165) is 5.75 Å². The molecule has 0 aliphatic rings. The smallest absolute Gasteiger partial charge is 0.495 e. The van der Waals surface area contributed by atoms with Crippen molar-refractivity contribution >= 4 is 28.9 Å². The quantitative estimate of drug-likeness (QED) is 0.467. The molecule has 3 rings (SSSR count). The number of benzene rings is 3. The van der Waals surface area contributed by atoms with Gasteiger partial charge in [-0.25, -0.2) is 0 Å². The fourth-order valence-corrected chi connectivity index (χ4v) is 2.19. The lowest BCUT2D eigenvalue weighted by molar-refractivity contribution is 0.278. The number of ether oxygens (including phenoxy) is 1. The maximum absolute atomic E-state index is 7.17. The molecule has 0 atom stereocenters. The Kier molecular flexibility index (Phi) is 4.58. The summed E-state index contributed by atoms with van der Waals surface area (Å²) >= 11 is 0. The zero-order valence-corrected chi connectivity index (χ0v) is 11.0. The molecule has 0 aliphatic heterocycles. The first-order valence-electron chi connectivity index (χ1n) is 6.12. The number of fused-ring (bicyclic) bond motifs is 2. The Balaban J connectivity index is 0.000000328. The minimum atomic E-state index is -2.17. The molecule has 5 heteroatoms. The van der Waals surface area contributed by atoms with Crippen molar-refractivity contribution in [3.8, 4) is 5.75 Å². The van der Waals surface area contributed by atoms with Crippen molar-refractivity contribution in [3.63, 3.8) is 0 Å². The first-order chi connectivity index (χ1) is 9.63. The third kappa shape index (κ3) is 3.08. The highest BCUT2D eigenvalue weighted by atomic mass is 16.5. The van der Waals surface area contributed by atoms with Gasteiger partial charge in [0.05, 0.1) is 7.11 Å². The van der Waals surface area contributed by atoms with E-state index in [2.05, 4.69) is 42.5 Å². The van der Waals surface area contributed by atoms with Gasteiger partial charge in [0, 0.05) is 10.8 Å². The number of rotatable bonds is 1. The molecular formula is C15H15BO4. The minimum absolute atomic E-state index is 0.966. The van der Waals surface area contributed by atoms with Crippen LogP contribution in [0, 0.1) is 0 Å². The number of hydrogen-bond donors (Lipinski definition) is 3. The molecule has 0 heterocycles. The van der Waals surface area contributed by atoms with Crippen LogP contribution in [0.1, 0.15) is 0 Å². The molecule has 0 spiro atoms. The first kappa shape index (κ1) is 14.3. The van der Waals surface area contributed by atoms with E-state index < -0.39 is 7.32 Å². The van der Waals surface area contributed by atoms with Gasteiger partial charge in [0.2, 0.25) is 0 Å². The lowest BCUT2D eigenvalue weighted by atomic mass is 10.0. The first-order valence-corrected chi connectivity index (χ1v) is 6.12. The predicted molar refractivity (Wildman–Crippen MR) is 80.4 cm³/mol. The summed E-state index contributed by atoms with van der Waals surface area (Å²) in [5.41, 5.74) is 0. The van der Waals surface area contributed by atoms with Gasteiger partial charge in [0.25, 0.3) is 0 Å². The Hall–Kier alpha value is -2.08. The highest BCUT2D eigenvalue weighted by Crippen LogP contribution is 2.34. The molecule has 4 nitrogen and oxygen atoms in total. The van der Waals surface area contributed by atoms with Crippen molar-refractivity contribution < 1.29 is 19.8 Å². The molecule has 3 aromatic rings. The molecule has 20 heavy (non-hydrogen) atoms. The molecule has 102 valence electrons. The van der Waals surface area contributed by atoms with E-state index >= 15 is 0 Å². The molecule has 0 fully saturated rings. The van der Waals surface area contributed by atoms with Crippen molar-refractivity contribution in [2.45, 2.75) is 0 Å². The van der Waals surface area contributed by atoms with Crippen molar-refractivity contribution in [2.24, 2.45) is 0 Å². The average molecular weight is 270 g/mol. The molecule has 0 bridgehead atoms. The second kappa shape index (κ2) is 6.39.